The Bertz CT molecular complexity index is 531. The number of hydrogen-bond acceptors (Lipinski definition) is 3. The molecule has 0 saturated carbocycles. The highest BCUT2D eigenvalue weighted by molar-refractivity contribution is 5.99. The highest BCUT2D eigenvalue weighted by atomic mass is 19.4. The van der Waals surface area contributed by atoms with Crippen molar-refractivity contribution < 1.29 is 18.0 Å². The summed E-state index contributed by atoms with van der Waals surface area (Å²) in [6.07, 6.45) is -2.62. The molecule has 0 aliphatic carbocycles. The first kappa shape index (κ1) is 15.6. The molecule has 1 aromatic carbocycles. The number of primary amides is 1. The fraction of sp³-hybridized carbons (Fsp3) is 0.500. The van der Waals surface area contributed by atoms with Gasteiger partial charge in [0, 0.05) is 24.8 Å². The highest BCUT2D eigenvalue weighted by Gasteiger charge is 2.33. The third kappa shape index (κ3) is 3.29. The van der Waals surface area contributed by atoms with Gasteiger partial charge in [0.05, 0.1) is 11.1 Å². The summed E-state index contributed by atoms with van der Waals surface area (Å²) in [6, 6.07) is 3.34. The summed E-state index contributed by atoms with van der Waals surface area (Å²) < 4.78 is 38.3. The first-order chi connectivity index (χ1) is 9.84. The molecule has 21 heavy (non-hydrogen) atoms. The maximum atomic E-state index is 12.8. The quantitative estimate of drug-likeness (QED) is 0.894. The summed E-state index contributed by atoms with van der Waals surface area (Å²) in [7, 11) is 1.82. The molecule has 7 heteroatoms. The van der Waals surface area contributed by atoms with Crippen LogP contribution in [0.1, 0.15) is 28.8 Å². The van der Waals surface area contributed by atoms with Crippen molar-refractivity contribution in [2.45, 2.75) is 25.1 Å². The van der Waals surface area contributed by atoms with Crippen LogP contribution in [0.25, 0.3) is 0 Å². The molecule has 1 unspecified atom stereocenters. The van der Waals surface area contributed by atoms with Gasteiger partial charge in [0.15, 0.2) is 0 Å². The van der Waals surface area contributed by atoms with Gasteiger partial charge in [-0.05, 0) is 38.1 Å². The van der Waals surface area contributed by atoms with Gasteiger partial charge < -0.3 is 16.0 Å². The molecule has 2 rings (SSSR count). The number of carbonyl (C=O) groups excluding carboxylic acids is 1. The van der Waals surface area contributed by atoms with Crippen molar-refractivity contribution in [3.05, 3.63) is 29.3 Å². The van der Waals surface area contributed by atoms with Crippen molar-refractivity contribution in [1.82, 2.24) is 5.32 Å². The molecular weight excluding hydrogens is 283 g/mol. The van der Waals surface area contributed by atoms with Gasteiger partial charge >= 0.3 is 6.18 Å². The monoisotopic (exact) mass is 301 g/mol. The fourth-order valence-electron chi connectivity index (χ4n) is 2.76. The molecule has 0 bridgehead atoms. The molecule has 1 amide bonds. The summed E-state index contributed by atoms with van der Waals surface area (Å²) in [4.78, 5) is 13.5. The Kier molecular flexibility index (Phi) is 4.41. The van der Waals surface area contributed by atoms with Crippen molar-refractivity contribution in [1.29, 1.82) is 0 Å². The number of alkyl halides is 3. The minimum atomic E-state index is -4.49. The van der Waals surface area contributed by atoms with Crippen LogP contribution >= 0.6 is 0 Å². The lowest BCUT2D eigenvalue weighted by Gasteiger charge is -2.28. The summed E-state index contributed by atoms with van der Waals surface area (Å²) in [6.45, 7) is 1.41. The minimum Gasteiger partial charge on any atom is -0.367 e. The predicted molar refractivity (Wildman–Crippen MR) is 74.3 cm³/mol. The van der Waals surface area contributed by atoms with E-state index in [9.17, 15) is 18.0 Å². The number of amides is 1. The Morgan fingerprint density at radius 2 is 2.19 bits per heavy atom. The molecule has 4 nitrogen and oxygen atoms in total. The van der Waals surface area contributed by atoms with Crippen LogP contribution < -0.4 is 16.0 Å². The zero-order valence-corrected chi connectivity index (χ0v) is 11.7. The number of carbonyl (C=O) groups is 1. The molecule has 1 aliphatic heterocycles. The van der Waals surface area contributed by atoms with Gasteiger partial charge in [-0.1, -0.05) is 0 Å². The number of nitrogens with two attached hydrogens (primary N) is 1. The van der Waals surface area contributed by atoms with E-state index >= 15 is 0 Å². The summed E-state index contributed by atoms with van der Waals surface area (Å²) in [5.74, 6) is -0.841. The van der Waals surface area contributed by atoms with E-state index in [-0.39, 0.29) is 11.6 Å². The molecule has 0 spiro atoms. The summed E-state index contributed by atoms with van der Waals surface area (Å²) in [5.41, 5.74) is 4.81. The Hall–Kier alpha value is -1.76. The third-order valence-electron chi connectivity index (χ3n) is 3.72. The maximum Gasteiger partial charge on any atom is 0.416 e. The second kappa shape index (κ2) is 5.93. The standard InChI is InChI=1S/C14H18F3N3O/c1-19-8-10-3-2-6-20(10)12-5-4-9(14(15,16)17)7-11(12)13(18)21/h4-5,7,10,19H,2-3,6,8H2,1H3,(H2,18,21). The van der Waals surface area contributed by atoms with Crippen LogP contribution in [0.4, 0.5) is 18.9 Å². The van der Waals surface area contributed by atoms with E-state index in [0.29, 0.717) is 18.8 Å². The SMILES string of the molecule is CNCC1CCCN1c1ccc(C(F)(F)F)cc1C(N)=O. The lowest BCUT2D eigenvalue weighted by molar-refractivity contribution is -0.137. The number of nitrogens with zero attached hydrogens (tertiary/aromatic N) is 1. The molecule has 1 heterocycles. The fourth-order valence-corrected chi connectivity index (χ4v) is 2.76. The van der Waals surface area contributed by atoms with Crippen LogP contribution in [-0.2, 0) is 6.18 Å². The lowest BCUT2D eigenvalue weighted by atomic mass is 10.1. The molecule has 0 radical (unpaired) electrons. The molecule has 1 aliphatic rings. The largest absolute Gasteiger partial charge is 0.416 e. The van der Waals surface area contributed by atoms with E-state index in [1.807, 2.05) is 11.9 Å². The van der Waals surface area contributed by atoms with Gasteiger partial charge in [0.1, 0.15) is 0 Å². The number of rotatable bonds is 4. The van der Waals surface area contributed by atoms with E-state index < -0.39 is 17.6 Å². The van der Waals surface area contributed by atoms with Gasteiger partial charge in [-0.2, -0.15) is 13.2 Å². The first-order valence-electron chi connectivity index (χ1n) is 6.77. The Balaban J connectivity index is 2.41. The number of likely N-dealkylation sites (N-methyl/N-ethyl adjacent to an activating group) is 1. The summed E-state index contributed by atoms with van der Waals surface area (Å²) >= 11 is 0. The van der Waals surface area contributed by atoms with Crippen LogP contribution in [0, 0.1) is 0 Å². The average Bonchev–Trinajstić information content (AvgIpc) is 2.85. The second-order valence-electron chi connectivity index (χ2n) is 5.14. The van der Waals surface area contributed by atoms with E-state index in [4.69, 9.17) is 5.73 Å². The van der Waals surface area contributed by atoms with E-state index in [2.05, 4.69) is 5.32 Å². The Morgan fingerprint density at radius 3 is 2.76 bits per heavy atom. The van der Waals surface area contributed by atoms with Crippen LogP contribution in [-0.4, -0.2) is 32.1 Å². The van der Waals surface area contributed by atoms with Crippen molar-refractivity contribution in [2.75, 3.05) is 25.0 Å². The lowest BCUT2D eigenvalue weighted by Crippen LogP contribution is -2.38. The molecule has 1 saturated heterocycles. The number of nitrogens with one attached hydrogen (secondary N) is 1. The third-order valence-corrected chi connectivity index (χ3v) is 3.72. The van der Waals surface area contributed by atoms with Crippen LogP contribution in [0.15, 0.2) is 18.2 Å². The zero-order valence-electron chi connectivity index (χ0n) is 11.7. The van der Waals surface area contributed by atoms with Gasteiger partial charge in [-0.25, -0.2) is 0 Å². The second-order valence-corrected chi connectivity index (χ2v) is 5.14. The van der Waals surface area contributed by atoms with Gasteiger partial charge in [-0.15, -0.1) is 0 Å². The molecule has 3 N–H and O–H groups in total. The van der Waals surface area contributed by atoms with Crippen LogP contribution in [0.3, 0.4) is 0 Å². The molecule has 1 aromatic rings. The predicted octanol–water partition coefficient (Wildman–Crippen LogP) is 1.99. The van der Waals surface area contributed by atoms with Gasteiger partial charge in [-0.3, -0.25) is 4.79 Å². The number of benzene rings is 1. The Morgan fingerprint density at radius 1 is 1.48 bits per heavy atom. The van der Waals surface area contributed by atoms with Crippen molar-refractivity contribution in [2.24, 2.45) is 5.73 Å². The molecule has 1 atom stereocenters. The first-order valence-corrected chi connectivity index (χ1v) is 6.77. The van der Waals surface area contributed by atoms with E-state index in [1.165, 1.54) is 6.07 Å². The minimum absolute atomic E-state index is 0.0761. The van der Waals surface area contributed by atoms with E-state index in [0.717, 1.165) is 25.0 Å². The zero-order chi connectivity index (χ0) is 15.6. The average molecular weight is 301 g/mol. The smallest absolute Gasteiger partial charge is 0.367 e. The Labute approximate surface area is 121 Å². The molecular formula is C14H18F3N3O. The molecule has 116 valence electrons. The van der Waals surface area contributed by atoms with Crippen LogP contribution in [0.5, 0.6) is 0 Å². The van der Waals surface area contributed by atoms with Crippen molar-refractivity contribution in [3.63, 3.8) is 0 Å². The van der Waals surface area contributed by atoms with E-state index in [1.54, 1.807) is 0 Å². The molecule has 1 fully saturated rings. The number of halogens is 3. The van der Waals surface area contributed by atoms with Crippen molar-refractivity contribution in [3.8, 4) is 0 Å². The topological polar surface area (TPSA) is 58.4 Å². The van der Waals surface area contributed by atoms with Crippen molar-refractivity contribution >= 4 is 11.6 Å². The normalized spacial score (nSPS) is 19.0. The van der Waals surface area contributed by atoms with Gasteiger partial charge in [0.25, 0.3) is 5.91 Å². The number of hydrogen-bond donors (Lipinski definition) is 2. The highest BCUT2D eigenvalue weighted by Crippen LogP contribution is 2.35. The summed E-state index contributed by atoms with van der Waals surface area (Å²) in [5, 5.41) is 3.06. The maximum absolute atomic E-state index is 12.8. The van der Waals surface area contributed by atoms with Gasteiger partial charge in [0.2, 0.25) is 0 Å². The number of anilines is 1. The van der Waals surface area contributed by atoms with Crippen LogP contribution in [0.2, 0.25) is 0 Å². The molecule has 0 aromatic heterocycles.